The van der Waals surface area contributed by atoms with Crippen LogP contribution >= 0.6 is 0 Å². The van der Waals surface area contributed by atoms with E-state index in [2.05, 4.69) is 0 Å². The molecular formula is C13H9NO6. The number of Topliss-reactive ketones (excluding diaryl/α,β-unsaturated/α-hetero) is 1. The molecule has 1 heterocycles. The zero-order valence-electron chi connectivity index (χ0n) is 10.1. The summed E-state index contributed by atoms with van der Waals surface area (Å²) in [6, 6.07) is 8.11. The van der Waals surface area contributed by atoms with Gasteiger partial charge in [-0.1, -0.05) is 12.1 Å². The highest BCUT2D eigenvalue weighted by Gasteiger charge is 2.15. The van der Waals surface area contributed by atoms with Crippen molar-refractivity contribution < 1.29 is 23.7 Å². The van der Waals surface area contributed by atoms with Crippen molar-refractivity contribution in [1.82, 2.24) is 0 Å². The van der Waals surface area contributed by atoms with Crippen LogP contribution in [0.1, 0.15) is 20.9 Å². The number of benzene rings is 1. The second-order valence-electron chi connectivity index (χ2n) is 3.78. The molecule has 1 aromatic heterocycles. The monoisotopic (exact) mass is 275 g/mol. The van der Waals surface area contributed by atoms with Crippen LogP contribution in [0.25, 0.3) is 0 Å². The van der Waals surface area contributed by atoms with Crippen LogP contribution in [-0.4, -0.2) is 23.3 Å². The molecule has 0 aliphatic rings. The summed E-state index contributed by atoms with van der Waals surface area (Å²) >= 11 is 0. The molecule has 0 aliphatic heterocycles. The Morgan fingerprint density at radius 3 is 2.70 bits per heavy atom. The first-order valence-corrected chi connectivity index (χ1v) is 5.56. The number of ether oxygens (including phenoxy) is 1. The third kappa shape index (κ3) is 3.08. The van der Waals surface area contributed by atoms with E-state index in [1.807, 2.05) is 0 Å². The predicted octanol–water partition coefficient (Wildman–Crippen LogP) is 2.23. The molecular weight excluding hydrogens is 266 g/mol. The van der Waals surface area contributed by atoms with Crippen LogP contribution in [0.15, 0.2) is 47.1 Å². The first-order chi connectivity index (χ1) is 9.58. The Morgan fingerprint density at radius 2 is 2.05 bits per heavy atom. The molecule has 0 spiro atoms. The number of nitro groups is 1. The molecule has 2 rings (SSSR count). The molecule has 0 radical (unpaired) electrons. The van der Waals surface area contributed by atoms with Gasteiger partial charge in [0.25, 0.3) is 5.69 Å². The van der Waals surface area contributed by atoms with Crippen LogP contribution in [0.3, 0.4) is 0 Å². The molecule has 0 aliphatic carbocycles. The number of esters is 1. The summed E-state index contributed by atoms with van der Waals surface area (Å²) < 4.78 is 9.56. The molecule has 2 aromatic rings. The molecule has 0 atom stereocenters. The summed E-state index contributed by atoms with van der Waals surface area (Å²) in [5.74, 6) is -1.32. The summed E-state index contributed by atoms with van der Waals surface area (Å²) in [6.07, 6.45) is 1.30. The quantitative estimate of drug-likeness (QED) is 0.359. The van der Waals surface area contributed by atoms with E-state index in [0.29, 0.717) is 0 Å². The number of non-ortho nitro benzene ring substituents is 1. The molecule has 0 unspecified atom stereocenters. The van der Waals surface area contributed by atoms with Gasteiger partial charge in [0.2, 0.25) is 11.5 Å². The molecule has 0 amide bonds. The molecule has 0 N–H and O–H groups in total. The fourth-order valence-electron chi connectivity index (χ4n) is 1.47. The van der Waals surface area contributed by atoms with Crippen molar-refractivity contribution in [2.24, 2.45) is 0 Å². The minimum Gasteiger partial charge on any atom is -0.457 e. The minimum atomic E-state index is -0.770. The lowest BCUT2D eigenvalue weighted by Gasteiger charge is -2.02. The van der Waals surface area contributed by atoms with Gasteiger partial charge in [-0.3, -0.25) is 14.9 Å². The van der Waals surface area contributed by atoms with Crippen LogP contribution in [0.2, 0.25) is 0 Å². The van der Waals surface area contributed by atoms with Crippen molar-refractivity contribution in [3.63, 3.8) is 0 Å². The Balaban J connectivity index is 2.00. The maximum atomic E-state index is 11.8. The highest BCUT2D eigenvalue weighted by atomic mass is 16.6. The summed E-state index contributed by atoms with van der Waals surface area (Å²) in [5, 5.41) is 10.6. The molecule has 102 valence electrons. The Morgan fingerprint density at radius 1 is 1.25 bits per heavy atom. The molecule has 20 heavy (non-hydrogen) atoms. The number of carbonyl (C=O) groups excluding carboxylic acids is 2. The van der Waals surface area contributed by atoms with Crippen molar-refractivity contribution >= 4 is 17.4 Å². The Labute approximate surface area is 112 Å². The number of nitrogens with zero attached hydrogens (tertiary/aromatic N) is 1. The molecule has 0 saturated heterocycles. The van der Waals surface area contributed by atoms with Crippen LogP contribution < -0.4 is 0 Å². The first-order valence-electron chi connectivity index (χ1n) is 5.56. The van der Waals surface area contributed by atoms with Gasteiger partial charge < -0.3 is 9.15 Å². The molecule has 0 fully saturated rings. The lowest BCUT2D eigenvalue weighted by molar-refractivity contribution is -0.384. The zero-order chi connectivity index (χ0) is 14.5. The second kappa shape index (κ2) is 5.79. The van der Waals surface area contributed by atoms with E-state index >= 15 is 0 Å². The largest absolute Gasteiger partial charge is 0.457 e. The van der Waals surface area contributed by atoms with Gasteiger partial charge in [-0.15, -0.1) is 0 Å². The van der Waals surface area contributed by atoms with Crippen LogP contribution in [0.5, 0.6) is 0 Å². The number of hydrogen-bond donors (Lipinski definition) is 0. The predicted molar refractivity (Wildman–Crippen MR) is 66.4 cm³/mol. The fourth-order valence-corrected chi connectivity index (χ4v) is 1.47. The Bertz CT molecular complexity index is 647. The van der Waals surface area contributed by atoms with Gasteiger partial charge >= 0.3 is 5.97 Å². The van der Waals surface area contributed by atoms with Crippen molar-refractivity contribution in [3.8, 4) is 0 Å². The number of ketones is 1. The number of hydrogen-bond acceptors (Lipinski definition) is 6. The average molecular weight is 275 g/mol. The average Bonchev–Trinajstić information content (AvgIpc) is 2.98. The van der Waals surface area contributed by atoms with Crippen molar-refractivity contribution in [2.75, 3.05) is 6.61 Å². The maximum Gasteiger partial charge on any atom is 0.374 e. The molecule has 7 nitrogen and oxygen atoms in total. The minimum absolute atomic E-state index is 0.0168. The third-order valence-corrected chi connectivity index (χ3v) is 2.44. The van der Waals surface area contributed by atoms with Crippen LogP contribution in [0.4, 0.5) is 5.69 Å². The van der Waals surface area contributed by atoms with Crippen LogP contribution in [0, 0.1) is 10.1 Å². The number of furan rings is 1. The van der Waals surface area contributed by atoms with E-state index < -0.39 is 23.3 Å². The number of rotatable bonds is 5. The summed E-state index contributed by atoms with van der Waals surface area (Å²) in [4.78, 5) is 33.2. The zero-order valence-corrected chi connectivity index (χ0v) is 10.1. The van der Waals surface area contributed by atoms with Gasteiger partial charge in [-0.05, 0) is 12.1 Å². The van der Waals surface area contributed by atoms with Gasteiger partial charge in [0.05, 0.1) is 11.2 Å². The van der Waals surface area contributed by atoms with Gasteiger partial charge in [-0.25, -0.2) is 4.79 Å². The standard InChI is InChI=1S/C13H9NO6/c15-11(8-20-13(16)12-5-2-6-19-12)9-3-1-4-10(7-9)14(17)18/h1-7H,8H2. The fraction of sp³-hybridized carbons (Fsp3) is 0.0769. The van der Waals surface area contributed by atoms with Crippen molar-refractivity contribution in [2.45, 2.75) is 0 Å². The van der Waals surface area contributed by atoms with Crippen molar-refractivity contribution in [1.29, 1.82) is 0 Å². The second-order valence-corrected chi connectivity index (χ2v) is 3.78. The van der Waals surface area contributed by atoms with E-state index in [0.717, 1.165) is 6.07 Å². The van der Waals surface area contributed by atoms with Crippen molar-refractivity contribution in [3.05, 3.63) is 64.1 Å². The number of carbonyl (C=O) groups is 2. The highest BCUT2D eigenvalue weighted by Crippen LogP contribution is 2.14. The Hall–Kier alpha value is -2.96. The topological polar surface area (TPSA) is 99.7 Å². The lowest BCUT2D eigenvalue weighted by Crippen LogP contribution is -2.14. The molecule has 0 bridgehead atoms. The normalized spacial score (nSPS) is 10.0. The van der Waals surface area contributed by atoms with E-state index in [1.54, 1.807) is 0 Å². The van der Waals surface area contributed by atoms with E-state index in [-0.39, 0.29) is 17.0 Å². The van der Waals surface area contributed by atoms with Gasteiger partial charge in [0.15, 0.2) is 6.61 Å². The van der Waals surface area contributed by atoms with E-state index in [1.165, 1.54) is 36.6 Å². The third-order valence-electron chi connectivity index (χ3n) is 2.44. The molecule has 7 heteroatoms. The Kier molecular flexibility index (Phi) is 3.90. The molecule has 1 aromatic carbocycles. The van der Waals surface area contributed by atoms with Gasteiger partial charge in [0, 0.05) is 17.7 Å². The van der Waals surface area contributed by atoms with E-state index in [4.69, 9.17) is 9.15 Å². The van der Waals surface area contributed by atoms with Gasteiger partial charge in [-0.2, -0.15) is 0 Å². The van der Waals surface area contributed by atoms with E-state index in [9.17, 15) is 19.7 Å². The lowest BCUT2D eigenvalue weighted by atomic mass is 10.1. The summed E-state index contributed by atoms with van der Waals surface area (Å²) in [6.45, 7) is -0.513. The smallest absolute Gasteiger partial charge is 0.374 e. The van der Waals surface area contributed by atoms with Crippen LogP contribution in [-0.2, 0) is 4.74 Å². The molecule has 0 saturated carbocycles. The SMILES string of the molecule is O=C(COC(=O)c1ccco1)c1cccc([N+](=O)[O-])c1. The number of nitro benzene ring substituents is 1. The first kappa shape index (κ1) is 13.5. The van der Waals surface area contributed by atoms with Gasteiger partial charge in [0.1, 0.15) is 0 Å². The summed E-state index contributed by atoms with van der Waals surface area (Å²) in [5.41, 5.74) is -0.0975. The maximum absolute atomic E-state index is 11.8. The summed E-state index contributed by atoms with van der Waals surface area (Å²) in [7, 11) is 0. The highest BCUT2D eigenvalue weighted by molar-refractivity contribution is 5.99.